The van der Waals surface area contributed by atoms with Gasteiger partial charge in [0.2, 0.25) is 5.91 Å². The van der Waals surface area contributed by atoms with E-state index in [1.165, 1.54) is 5.56 Å². The molecule has 1 aromatic rings. The molecule has 0 aromatic heterocycles. The third kappa shape index (κ3) is 1.86. The van der Waals surface area contributed by atoms with Gasteiger partial charge in [0, 0.05) is 25.9 Å². The van der Waals surface area contributed by atoms with Crippen molar-refractivity contribution in [1.29, 1.82) is 0 Å². The molecule has 0 saturated heterocycles. The van der Waals surface area contributed by atoms with Crippen molar-refractivity contribution in [3.63, 3.8) is 0 Å². The number of benzene rings is 1. The van der Waals surface area contributed by atoms with Crippen molar-refractivity contribution in [1.82, 2.24) is 5.32 Å². The monoisotopic (exact) mass is 205 g/mol. The smallest absolute Gasteiger partial charge is 0.231 e. The molecule has 1 amide bonds. The van der Waals surface area contributed by atoms with Gasteiger partial charge in [0.15, 0.2) is 0 Å². The number of carbonyl (C=O) groups is 1. The Morgan fingerprint density at radius 2 is 2.33 bits per heavy atom. The maximum Gasteiger partial charge on any atom is 0.231 e. The molecule has 3 N–H and O–H groups in total. The second-order valence-corrected chi connectivity index (χ2v) is 3.72. The lowest BCUT2D eigenvalue weighted by molar-refractivity contribution is -0.117. The summed E-state index contributed by atoms with van der Waals surface area (Å²) in [5, 5.41) is 3.06. The van der Waals surface area contributed by atoms with Crippen molar-refractivity contribution in [2.45, 2.75) is 13.0 Å². The predicted molar refractivity (Wildman–Crippen MR) is 59.5 cm³/mol. The highest BCUT2D eigenvalue weighted by Gasteiger charge is 2.23. The highest BCUT2D eigenvalue weighted by Crippen LogP contribution is 2.28. The Morgan fingerprint density at radius 1 is 1.53 bits per heavy atom. The second-order valence-electron chi connectivity index (χ2n) is 3.72. The molecule has 2 rings (SSSR count). The largest absolute Gasteiger partial charge is 0.318 e. The third-order valence-corrected chi connectivity index (χ3v) is 2.69. The number of amides is 1. The van der Waals surface area contributed by atoms with Gasteiger partial charge in [-0.2, -0.15) is 0 Å². The number of rotatable bonds is 3. The van der Waals surface area contributed by atoms with E-state index < -0.39 is 0 Å². The number of anilines is 1. The minimum atomic E-state index is 0.161. The van der Waals surface area contributed by atoms with Crippen molar-refractivity contribution in [2.75, 3.05) is 18.6 Å². The standard InChI is InChI=1S/C11H15N3O/c1-14-10-3-2-8(6-13-7-12)4-9(10)5-11(14)15/h2-4,13H,5-7,12H2,1H3. The summed E-state index contributed by atoms with van der Waals surface area (Å²) in [6, 6.07) is 6.09. The van der Waals surface area contributed by atoms with Crippen LogP contribution in [0.1, 0.15) is 11.1 Å². The molecule has 0 radical (unpaired) electrons. The number of carbonyl (C=O) groups excluding carboxylic acids is 1. The van der Waals surface area contributed by atoms with E-state index in [1.54, 1.807) is 4.90 Å². The zero-order chi connectivity index (χ0) is 10.8. The lowest BCUT2D eigenvalue weighted by atomic mass is 10.1. The molecule has 1 aliphatic rings. The van der Waals surface area contributed by atoms with Crippen LogP contribution in [0.15, 0.2) is 18.2 Å². The van der Waals surface area contributed by atoms with Crippen LogP contribution >= 0.6 is 0 Å². The molecule has 0 aliphatic carbocycles. The summed E-state index contributed by atoms with van der Waals surface area (Å²) in [6.45, 7) is 1.22. The number of hydrogen-bond donors (Lipinski definition) is 2. The SMILES string of the molecule is CN1C(=O)Cc2cc(CNCN)ccc21. The van der Waals surface area contributed by atoms with Crippen LogP contribution < -0.4 is 16.0 Å². The predicted octanol–water partition coefficient (Wildman–Crippen LogP) is 0.211. The maximum atomic E-state index is 11.4. The summed E-state index contributed by atoms with van der Waals surface area (Å²) in [4.78, 5) is 13.2. The number of likely N-dealkylation sites (N-methyl/N-ethyl adjacent to an activating group) is 1. The van der Waals surface area contributed by atoms with Gasteiger partial charge in [0.25, 0.3) is 0 Å². The maximum absolute atomic E-state index is 11.4. The summed E-state index contributed by atoms with van der Waals surface area (Å²) in [5.74, 6) is 0.161. The second kappa shape index (κ2) is 4.00. The van der Waals surface area contributed by atoms with E-state index in [0.29, 0.717) is 13.1 Å². The average Bonchev–Trinajstić information content (AvgIpc) is 2.52. The van der Waals surface area contributed by atoms with E-state index in [0.717, 1.165) is 17.8 Å². The fraction of sp³-hybridized carbons (Fsp3) is 0.364. The molecule has 1 heterocycles. The van der Waals surface area contributed by atoms with Gasteiger partial charge in [-0.05, 0) is 17.2 Å². The van der Waals surface area contributed by atoms with Crippen molar-refractivity contribution in [2.24, 2.45) is 5.73 Å². The van der Waals surface area contributed by atoms with Gasteiger partial charge in [0.1, 0.15) is 0 Å². The van der Waals surface area contributed by atoms with Crippen LogP contribution in [0.2, 0.25) is 0 Å². The van der Waals surface area contributed by atoms with Crippen molar-refractivity contribution in [3.8, 4) is 0 Å². The fourth-order valence-corrected chi connectivity index (χ4v) is 1.85. The Balaban J connectivity index is 2.22. The van der Waals surface area contributed by atoms with E-state index in [4.69, 9.17) is 5.73 Å². The molecule has 80 valence electrons. The normalized spacial score (nSPS) is 14.5. The zero-order valence-electron chi connectivity index (χ0n) is 8.79. The summed E-state index contributed by atoms with van der Waals surface area (Å²) in [5.41, 5.74) is 8.66. The van der Waals surface area contributed by atoms with Crippen molar-refractivity contribution >= 4 is 11.6 Å². The fourth-order valence-electron chi connectivity index (χ4n) is 1.85. The zero-order valence-corrected chi connectivity index (χ0v) is 8.79. The number of nitrogens with zero attached hydrogens (tertiary/aromatic N) is 1. The van der Waals surface area contributed by atoms with E-state index in [9.17, 15) is 4.79 Å². The molecule has 0 spiro atoms. The Morgan fingerprint density at radius 3 is 3.07 bits per heavy atom. The molecular formula is C11H15N3O. The van der Waals surface area contributed by atoms with Gasteiger partial charge < -0.3 is 16.0 Å². The molecule has 0 unspecified atom stereocenters. The lowest BCUT2D eigenvalue weighted by Gasteiger charge is -2.10. The van der Waals surface area contributed by atoms with Gasteiger partial charge in [-0.25, -0.2) is 0 Å². The number of nitrogens with two attached hydrogens (primary N) is 1. The molecule has 1 aliphatic heterocycles. The van der Waals surface area contributed by atoms with Gasteiger partial charge in [-0.15, -0.1) is 0 Å². The number of hydrogen-bond acceptors (Lipinski definition) is 3. The van der Waals surface area contributed by atoms with E-state index in [1.807, 2.05) is 19.2 Å². The quantitative estimate of drug-likeness (QED) is 0.694. The summed E-state index contributed by atoms with van der Waals surface area (Å²) in [7, 11) is 1.81. The number of nitrogens with one attached hydrogen (secondary N) is 1. The Hall–Kier alpha value is -1.39. The Labute approximate surface area is 89.1 Å². The van der Waals surface area contributed by atoms with E-state index >= 15 is 0 Å². The molecule has 15 heavy (non-hydrogen) atoms. The molecule has 4 heteroatoms. The topological polar surface area (TPSA) is 58.4 Å². The van der Waals surface area contributed by atoms with E-state index in [2.05, 4.69) is 11.4 Å². The van der Waals surface area contributed by atoms with Gasteiger partial charge in [-0.1, -0.05) is 12.1 Å². The van der Waals surface area contributed by atoms with Crippen LogP contribution in [-0.2, 0) is 17.8 Å². The number of fused-ring (bicyclic) bond motifs is 1. The first-order valence-electron chi connectivity index (χ1n) is 5.01. The lowest BCUT2D eigenvalue weighted by Crippen LogP contribution is -2.21. The van der Waals surface area contributed by atoms with Crippen LogP contribution in [0.4, 0.5) is 5.69 Å². The summed E-state index contributed by atoms with van der Waals surface area (Å²) >= 11 is 0. The third-order valence-electron chi connectivity index (χ3n) is 2.69. The Kier molecular flexibility index (Phi) is 2.70. The average molecular weight is 205 g/mol. The molecule has 0 atom stereocenters. The first kappa shape index (κ1) is 10.1. The van der Waals surface area contributed by atoms with Crippen LogP contribution in [-0.4, -0.2) is 19.6 Å². The van der Waals surface area contributed by atoms with E-state index in [-0.39, 0.29) is 5.91 Å². The van der Waals surface area contributed by atoms with Gasteiger partial charge >= 0.3 is 0 Å². The van der Waals surface area contributed by atoms with Crippen LogP contribution in [0.3, 0.4) is 0 Å². The summed E-state index contributed by atoms with van der Waals surface area (Å²) in [6.07, 6.45) is 0.516. The van der Waals surface area contributed by atoms with Crippen molar-refractivity contribution in [3.05, 3.63) is 29.3 Å². The minimum Gasteiger partial charge on any atom is -0.318 e. The molecule has 0 bridgehead atoms. The van der Waals surface area contributed by atoms with Crippen LogP contribution in [0.5, 0.6) is 0 Å². The molecule has 1 aromatic carbocycles. The highest BCUT2D eigenvalue weighted by molar-refractivity contribution is 6.00. The van der Waals surface area contributed by atoms with Crippen LogP contribution in [0, 0.1) is 0 Å². The first-order chi connectivity index (χ1) is 7.22. The first-order valence-corrected chi connectivity index (χ1v) is 5.01. The van der Waals surface area contributed by atoms with Crippen molar-refractivity contribution < 1.29 is 4.79 Å². The van der Waals surface area contributed by atoms with Gasteiger partial charge in [-0.3, -0.25) is 4.79 Å². The molecule has 0 saturated carbocycles. The minimum absolute atomic E-state index is 0.161. The summed E-state index contributed by atoms with van der Waals surface area (Å²) < 4.78 is 0. The van der Waals surface area contributed by atoms with Crippen LogP contribution in [0.25, 0.3) is 0 Å². The van der Waals surface area contributed by atoms with Gasteiger partial charge in [0.05, 0.1) is 6.42 Å². The Bertz CT molecular complexity index is 389. The molecule has 4 nitrogen and oxygen atoms in total. The molecule has 0 fully saturated rings. The molecular weight excluding hydrogens is 190 g/mol. The highest BCUT2D eigenvalue weighted by atomic mass is 16.2.